The maximum absolute atomic E-state index is 13.0. The number of pyridine rings is 1. The molecule has 0 saturated carbocycles. The van der Waals surface area contributed by atoms with Gasteiger partial charge in [0.2, 0.25) is 0 Å². The molecule has 1 N–H and O–H groups in total. The fourth-order valence-electron chi connectivity index (χ4n) is 3.07. The van der Waals surface area contributed by atoms with Gasteiger partial charge in [0.1, 0.15) is 0 Å². The number of rotatable bonds is 6. The van der Waals surface area contributed by atoms with Gasteiger partial charge in [0.15, 0.2) is 0 Å². The van der Waals surface area contributed by atoms with Crippen molar-refractivity contribution < 1.29 is 4.79 Å². The lowest BCUT2D eigenvalue weighted by atomic mass is 10.1. The monoisotopic (exact) mass is 359 g/mol. The Morgan fingerprint density at radius 1 is 1.00 bits per heavy atom. The summed E-state index contributed by atoms with van der Waals surface area (Å²) in [7, 11) is 0. The number of hydrogen-bond acceptors (Lipinski definition) is 3. The first-order chi connectivity index (χ1) is 13.1. The van der Waals surface area contributed by atoms with Crippen LogP contribution >= 0.6 is 0 Å². The quantitative estimate of drug-likeness (QED) is 0.675. The van der Waals surface area contributed by atoms with E-state index in [1.165, 1.54) is 11.1 Å². The third-order valence-electron chi connectivity index (χ3n) is 4.44. The number of carbonyl (C=O) groups is 1. The molecule has 4 heteroatoms. The number of benzene rings is 2. The van der Waals surface area contributed by atoms with Gasteiger partial charge >= 0.3 is 0 Å². The van der Waals surface area contributed by atoms with Crippen molar-refractivity contribution in [3.63, 3.8) is 0 Å². The number of aryl methyl sites for hydroxylation is 2. The summed E-state index contributed by atoms with van der Waals surface area (Å²) in [5, 5.41) is 3.36. The fourth-order valence-corrected chi connectivity index (χ4v) is 3.07. The van der Waals surface area contributed by atoms with E-state index < -0.39 is 0 Å². The Kier molecular flexibility index (Phi) is 5.87. The summed E-state index contributed by atoms with van der Waals surface area (Å²) in [6, 6.07) is 18.2. The van der Waals surface area contributed by atoms with E-state index in [2.05, 4.69) is 35.4 Å². The van der Waals surface area contributed by atoms with E-state index in [-0.39, 0.29) is 5.91 Å². The zero-order valence-corrected chi connectivity index (χ0v) is 16.1. The van der Waals surface area contributed by atoms with Crippen molar-refractivity contribution in [2.24, 2.45) is 0 Å². The van der Waals surface area contributed by atoms with Gasteiger partial charge in [-0.2, -0.15) is 0 Å². The van der Waals surface area contributed by atoms with Crippen LogP contribution in [-0.4, -0.2) is 17.4 Å². The van der Waals surface area contributed by atoms with Gasteiger partial charge in [0, 0.05) is 31.2 Å². The van der Waals surface area contributed by atoms with Crippen LogP contribution in [0.2, 0.25) is 0 Å². The topological polar surface area (TPSA) is 45.2 Å². The number of anilines is 2. The highest BCUT2D eigenvalue weighted by atomic mass is 16.2. The normalized spacial score (nSPS) is 10.5. The number of hydrogen-bond donors (Lipinski definition) is 1. The van der Waals surface area contributed by atoms with Crippen molar-refractivity contribution in [1.29, 1.82) is 0 Å². The molecule has 0 aliphatic rings. The number of aromatic nitrogens is 1. The Balaban J connectivity index is 1.76. The van der Waals surface area contributed by atoms with Crippen LogP contribution in [0.5, 0.6) is 0 Å². The molecular weight excluding hydrogens is 334 g/mol. The summed E-state index contributed by atoms with van der Waals surface area (Å²) >= 11 is 0. The van der Waals surface area contributed by atoms with Crippen LogP contribution in [0, 0.1) is 13.8 Å². The van der Waals surface area contributed by atoms with Gasteiger partial charge in [-0.25, -0.2) is 0 Å². The lowest BCUT2D eigenvalue weighted by molar-refractivity contribution is 0.0988. The largest absolute Gasteiger partial charge is 0.380 e. The highest BCUT2D eigenvalue weighted by Gasteiger charge is 2.17. The molecule has 0 unspecified atom stereocenters. The molecule has 3 aromatic rings. The van der Waals surface area contributed by atoms with E-state index in [1.807, 2.05) is 50.2 Å². The van der Waals surface area contributed by atoms with Crippen LogP contribution in [0.25, 0.3) is 0 Å². The van der Waals surface area contributed by atoms with E-state index in [0.717, 1.165) is 16.9 Å². The minimum absolute atomic E-state index is 0.0465. The zero-order valence-electron chi connectivity index (χ0n) is 16.1. The van der Waals surface area contributed by atoms with Crippen molar-refractivity contribution >= 4 is 17.3 Å². The maximum Gasteiger partial charge on any atom is 0.259 e. The molecule has 1 aromatic heterocycles. The molecule has 1 heterocycles. The van der Waals surface area contributed by atoms with Crippen LogP contribution in [0.3, 0.4) is 0 Å². The van der Waals surface area contributed by atoms with Gasteiger partial charge in [-0.05, 0) is 50.1 Å². The molecule has 0 aliphatic carbocycles. The van der Waals surface area contributed by atoms with Crippen LogP contribution < -0.4 is 10.2 Å². The van der Waals surface area contributed by atoms with Gasteiger partial charge in [0.05, 0.1) is 11.3 Å². The molecule has 0 spiro atoms. The van der Waals surface area contributed by atoms with Crippen LogP contribution in [0.4, 0.5) is 11.4 Å². The number of nitrogens with one attached hydrogen (secondary N) is 1. The summed E-state index contributed by atoms with van der Waals surface area (Å²) in [5.74, 6) is -0.0465. The summed E-state index contributed by atoms with van der Waals surface area (Å²) in [4.78, 5) is 19.0. The highest BCUT2D eigenvalue weighted by molar-refractivity contribution is 6.06. The first-order valence-corrected chi connectivity index (χ1v) is 9.20. The van der Waals surface area contributed by atoms with Gasteiger partial charge < -0.3 is 10.2 Å². The average Bonchev–Trinajstić information content (AvgIpc) is 2.67. The summed E-state index contributed by atoms with van der Waals surface area (Å²) in [6.07, 6.45) is 3.37. The molecule has 0 saturated heterocycles. The molecule has 0 aliphatic heterocycles. The van der Waals surface area contributed by atoms with E-state index in [1.54, 1.807) is 17.3 Å². The SMILES string of the molecule is CCN(C(=O)c1cncc(NCc2cccc(C)c2)c1)c1cccc(C)c1. The van der Waals surface area contributed by atoms with Crippen molar-refractivity contribution in [3.8, 4) is 0 Å². The van der Waals surface area contributed by atoms with Crippen molar-refractivity contribution in [1.82, 2.24) is 4.98 Å². The molecule has 4 nitrogen and oxygen atoms in total. The fraction of sp³-hybridized carbons (Fsp3) is 0.217. The lowest BCUT2D eigenvalue weighted by Gasteiger charge is -2.21. The molecule has 0 fully saturated rings. The van der Waals surface area contributed by atoms with Gasteiger partial charge in [0.25, 0.3) is 5.91 Å². The van der Waals surface area contributed by atoms with E-state index in [4.69, 9.17) is 0 Å². The second-order valence-electron chi connectivity index (χ2n) is 6.69. The molecule has 0 atom stereocenters. The Hall–Kier alpha value is -3.14. The summed E-state index contributed by atoms with van der Waals surface area (Å²) in [6.45, 7) is 7.38. The van der Waals surface area contributed by atoms with Crippen molar-refractivity contribution in [3.05, 3.63) is 89.2 Å². The molecule has 3 rings (SSSR count). The van der Waals surface area contributed by atoms with Gasteiger partial charge in [-0.1, -0.05) is 42.0 Å². The smallest absolute Gasteiger partial charge is 0.259 e. The first-order valence-electron chi connectivity index (χ1n) is 9.20. The zero-order chi connectivity index (χ0) is 19.2. The maximum atomic E-state index is 13.0. The summed E-state index contributed by atoms with van der Waals surface area (Å²) in [5.41, 5.74) is 5.87. The molecule has 138 valence electrons. The molecule has 1 amide bonds. The molecular formula is C23H25N3O. The number of amides is 1. The Bertz CT molecular complexity index is 936. The number of nitrogens with zero attached hydrogens (tertiary/aromatic N) is 2. The van der Waals surface area contributed by atoms with E-state index >= 15 is 0 Å². The van der Waals surface area contributed by atoms with Crippen LogP contribution in [-0.2, 0) is 6.54 Å². The third-order valence-corrected chi connectivity index (χ3v) is 4.44. The third kappa shape index (κ3) is 4.73. The lowest BCUT2D eigenvalue weighted by Crippen LogP contribution is -2.30. The second-order valence-corrected chi connectivity index (χ2v) is 6.69. The van der Waals surface area contributed by atoms with Gasteiger partial charge in [-0.3, -0.25) is 9.78 Å². The van der Waals surface area contributed by atoms with Crippen molar-refractivity contribution in [2.75, 3.05) is 16.8 Å². The first kappa shape index (κ1) is 18.6. The molecule has 27 heavy (non-hydrogen) atoms. The molecule has 0 radical (unpaired) electrons. The van der Waals surface area contributed by atoms with Crippen LogP contribution in [0.15, 0.2) is 67.0 Å². The van der Waals surface area contributed by atoms with Gasteiger partial charge in [-0.15, -0.1) is 0 Å². The second kappa shape index (κ2) is 8.49. The predicted octanol–water partition coefficient (Wildman–Crippen LogP) is 4.98. The average molecular weight is 359 g/mol. The minimum atomic E-state index is -0.0465. The van der Waals surface area contributed by atoms with E-state index in [9.17, 15) is 4.79 Å². The molecule has 2 aromatic carbocycles. The van der Waals surface area contributed by atoms with Crippen molar-refractivity contribution in [2.45, 2.75) is 27.3 Å². The van der Waals surface area contributed by atoms with E-state index in [0.29, 0.717) is 18.7 Å². The Morgan fingerprint density at radius 2 is 1.74 bits per heavy atom. The number of carbonyl (C=O) groups excluding carboxylic acids is 1. The standard InChI is InChI=1S/C23H25N3O/c1-4-26(22-10-6-8-18(3)12-22)23(27)20-13-21(16-24-15-20)25-14-19-9-5-7-17(2)11-19/h5-13,15-16,25H,4,14H2,1-3H3. The Labute approximate surface area is 160 Å². The van der Waals surface area contributed by atoms with Crippen LogP contribution in [0.1, 0.15) is 34.0 Å². The summed E-state index contributed by atoms with van der Waals surface area (Å²) < 4.78 is 0. The minimum Gasteiger partial charge on any atom is -0.380 e. The molecule has 0 bridgehead atoms. The Morgan fingerprint density at radius 3 is 2.44 bits per heavy atom. The predicted molar refractivity (Wildman–Crippen MR) is 111 cm³/mol. The highest BCUT2D eigenvalue weighted by Crippen LogP contribution is 2.20.